The number of likely N-dealkylation sites (tertiary alicyclic amines) is 1. The molecule has 0 radical (unpaired) electrons. The van der Waals surface area contributed by atoms with Crippen LogP contribution in [0.1, 0.15) is 19.8 Å². The van der Waals surface area contributed by atoms with Gasteiger partial charge in [0.15, 0.2) is 0 Å². The van der Waals surface area contributed by atoms with Crippen molar-refractivity contribution in [2.75, 3.05) is 19.7 Å². The van der Waals surface area contributed by atoms with E-state index in [4.69, 9.17) is 0 Å². The third kappa shape index (κ3) is 2.07. The monoisotopic (exact) mass is 228 g/mol. The van der Waals surface area contributed by atoms with Gasteiger partial charge in [0.25, 0.3) is 0 Å². The second-order valence-electron chi connectivity index (χ2n) is 4.90. The third-order valence-electron chi connectivity index (χ3n) is 3.76. The van der Waals surface area contributed by atoms with Gasteiger partial charge >= 0.3 is 0 Å². The maximum absolute atomic E-state index is 12.1. The van der Waals surface area contributed by atoms with E-state index in [0.29, 0.717) is 18.9 Å². The Morgan fingerprint density at radius 3 is 2.88 bits per heavy atom. The van der Waals surface area contributed by atoms with E-state index in [9.17, 15) is 15.0 Å². The molecule has 4 unspecified atom stereocenters. The number of nitrogens with zero attached hydrogens (tertiary/aromatic N) is 1. The summed E-state index contributed by atoms with van der Waals surface area (Å²) in [7, 11) is 0. The van der Waals surface area contributed by atoms with Gasteiger partial charge in [-0.2, -0.15) is 0 Å². The van der Waals surface area contributed by atoms with Crippen LogP contribution in [0.25, 0.3) is 0 Å². The predicted octanol–water partition coefficient (Wildman–Crippen LogP) is -1.06. The first kappa shape index (κ1) is 11.8. The fourth-order valence-corrected chi connectivity index (χ4v) is 2.67. The highest BCUT2D eigenvalue weighted by Gasteiger charge is 2.38. The van der Waals surface area contributed by atoms with Crippen molar-refractivity contribution in [3.8, 4) is 0 Å². The van der Waals surface area contributed by atoms with Crippen LogP contribution in [0.3, 0.4) is 0 Å². The van der Waals surface area contributed by atoms with E-state index in [0.717, 1.165) is 13.0 Å². The number of amides is 1. The molecule has 0 aromatic carbocycles. The molecule has 0 aliphatic carbocycles. The lowest BCUT2D eigenvalue weighted by molar-refractivity contribution is -0.135. The van der Waals surface area contributed by atoms with E-state index in [2.05, 4.69) is 12.2 Å². The Hall–Kier alpha value is -0.650. The number of β-amino-alcohol motifs (C(OH)–C–C–N with tert-alkyl or cyclic N) is 1. The van der Waals surface area contributed by atoms with Crippen molar-refractivity contribution in [2.24, 2.45) is 5.92 Å². The fourth-order valence-electron chi connectivity index (χ4n) is 2.67. The first-order valence-electron chi connectivity index (χ1n) is 5.96. The molecule has 16 heavy (non-hydrogen) atoms. The van der Waals surface area contributed by atoms with Crippen LogP contribution in [0.2, 0.25) is 0 Å². The van der Waals surface area contributed by atoms with Gasteiger partial charge in [0, 0.05) is 13.1 Å². The number of aliphatic hydroxyl groups is 2. The van der Waals surface area contributed by atoms with Crippen LogP contribution in [-0.4, -0.2) is 58.9 Å². The highest BCUT2D eigenvalue weighted by atomic mass is 16.3. The Kier molecular flexibility index (Phi) is 3.47. The first-order valence-corrected chi connectivity index (χ1v) is 5.96. The second kappa shape index (κ2) is 4.69. The molecule has 5 heteroatoms. The molecular weight excluding hydrogens is 208 g/mol. The van der Waals surface area contributed by atoms with Gasteiger partial charge in [-0.3, -0.25) is 4.79 Å². The molecule has 2 aliphatic heterocycles. The fraction of sp³-hybridized carbons (Fsp3) is 0.909. The molecule has 2 saturated heterocycles. The van der Waals surface area contributed by atoms with Crippen LogP contribution in [0, 0.1) is 5.92 Å². The number of carbonyl (C=O) groups excluding carboxylic acids is 1. The van der Waals surface area contributed by atoms with E-state index in [1.807, 2.05) is 0 Å². The molecule has 2 fully saturated rings. The van der Waals surface area contributed by atoms with Crippen LogP contribution in [0.5, 0.6) is 0 Å². The molecule has 0 aromatic rings. The molecule has 0 aromatic heterocycles. The van der Waals surface area contributed by atoms with Crippen molar-refractivity contribution in [3.05, 3.63) is 0 Å². The molecule has 0 saturated carbocycles. The van der Waals surface area contributed by atoms with Gasteiger partial charge in [-0.15, -0.1) is 0 Å². The van der Waals surface area contributed by atoms with Crippen LogP contribution < -0.4 is 5.32 Å². The molecule has 2 rings (SSSR count). The lowest BCUT2D eigenvalue weighted by Crippen LogP contribution is -2.47. The first-order chi connectivity index (χ1) is 7.63. The third-order valence-corrected chi connectivity index (χ3v) is 3.76. The van der Waals surface area contributed by atoms with Crippen LogP contribution in [0.4, 0.5) is 0 Å². The van der Waals surface area contributed by atoms with Crippen LogP contribution >= 0.6 is 0 Å². The summed E-state index contributed by atoms with van der Waals surface area (Å²) in [5.41, 5.74) is 0. The van der Waals surface area contributed by atoms with Crippen molar-refractivity contribution >= 4 is 5.91 Å². The smallest absolute Gasteiger partial charge is 0.240 e. The van der Waals surface area contributed by atoms with Gasteiger partial charge in [-0.1, -0.05) is 6.92 Å². The summed E-state index contributed by atoms with van der Waals surface area (Å²) in [5, 5.41) is 21.7. The van der Waals surface area contributed by atoms with E-state index >= 15 is 0 Å². The van der Waals surface area contributed by atoms with E-state index in [1.165, 1.54) is 0 Å². The van der Waals surface area contributed by atoms with Crippen molar-refractivity contribution in [1.82, 2.24) is 10.2 Å². The SMILES string of the molecule is CC1CCN(C(=O)C2CC(O)CN2)C1CO. The molecule has 92 valence electrons. The summed E-state index contributed by atoms with van der Waals surface area (Å²) < 4.78 is 0. The summed E-state index contributed by atoms with van der Waals surface area (Å²) >= 11 is 0. The summed E-state index contributed by atoms with van der Waals surface area (Å²) in [4.78, 5) is 13.9. The Morgan fingerprint density at radius 2 is 2.31 bits per heavy atom. The van der Waals surface area contributed by atoms with Gasteiger partial charge in [0.05, 0.1) is 24.8 Å². The van der Waals surface area contributed by atoms with E-state index < -0.39 is 6.10 Å². The average molecular weight is 228 g/mol. The molecular formula is C11H20N2O3. The highest BCUT2D eigenvalue weighted by molar-refractivity contribution is 5.83. The molecule has 0 bridgehead atoms. The normalized spacial score (nSPS) is 39.3. The Morgan fingerprint density at radius 1 is 1.56 bits per heavy atom. The zero-order valence-electron chi connectivity index (χ0n) is 9.59. The van der Waals surface area contributed by atoms with E-state index in [1.54, 1.807) is 4.90 Å². The Balaban J connectivity index is 1.99. The van der Waals surface area contributed by atoms with Gasteiger partial charge < -0.3 is 20.4 Å². The lowest BCUT2D eigenvalue weighted by atomic mass is 10.0. The van der Waals surface area contributed by atoms with Crippen LogP contribution in [0.15, 0.2) is 0 Å². The minimum Gasteiger partial charge on any atom is -0.394 e. The summed E-state index contributed by atoms with van der Waals surface area (Å²) in [5.74, 6) is 0.389. The van der Waals surface area contributed by atoms with Crippen molar-refractivity contribution in [2.45, 2.75) is 38.0 Å². The van der Waals surface area contributed by atoms with Crippen LogP contribution in [-0.2, 0) is 4.79 Å². The number of hydrogen-bond acceptors (Lipinski definition) is 4. The largest absolute Gasteiger partial charge is 0.394 e. The number of nitrogens with one attached hydrogen (secondary N) is 1. The topological polar surface area (TPSA) is 72.8 Å². The maximum atomic E-state index is 12.1. The number of rotatable bonds is 2. The standard InChI is InChI=1S/C11H20N2O3/c1-7-2-3-13(10(7)6-14)11(16)9-4-8(15)5-12-9/h7-10,12,14-15H,2-6H2,1H3. The van der Waals surface area contributed by atoms with Crippen molar-refractivity contribution in [3.63, 3.8) is 0 Å². The molecule has 0 spiro atoms. The minimum absolute atomic E-state index is 0.0277. The zero-order valence-corrected chi connectivity index (χ0v) is 9.59. The number of hydrogen-bond donors (Lipinski definition) is 3. The second-order valence-corrected chi connectivity index (χ2v) is 4.90. The summed E-state index contributed by atoms with van der Waals surface area (Å²) in [6.45, 7) is 3.30. The maximum Gasteiger partial charge on any atom is 0.240 e. The molecule has 4 atom stereocenters. The number of carbonyl (C=O) groups is 1. The predicted molar refractivity (Wildman–Crippen MR) is 58.8 cm³/mol. The lowest BCUT2D eigenvalue weighted by Gasteiger charge is -2.27. The average Bonchev–Trinajstić information content (AvgIpc) is 2.83. The number of aliphatic hydroxyl groups excluding tert-OH is 2. The molecule has 2 heterocycles. The molecule has 1 amide bonds. The minimum atomic E-state index is -0.415. The molecule has 5 nitrogen and oxygen atoms in total. The van der Waals surface area contributed by atoms with Crippen molar-refractivity contribution in [1.29, 1.82) is 0 Å². The quantitative estimate of drug-likeness (QED) is 0.563. The van der Waals surface area contributed by atoms with Gasteiger partial charge in [-0.05, 0) is 18.8 Å². The van der Waals surface area contributed by atoms with Gasteiger partial charge in [-0.25, -0.2) is 0 Å². The van der Waals surface area contributed by atoms with Crippen molar-refractivity contribution < 1.29 is 15.0 Å². The molecule has 3 N–H and O–H groups in total. The summed E-state index contributed by atoms with van der Waals surface area (Å²) in [6, 6.07) is -0.318. The Bertz CT molecular complexity index is 272. The van der Waals surface area contributed by atoms with Gasteiger partial charge in [0.2, 0.25) is 5.91 Å². The van der Waals surface area contributed by atoms with E-state index in [-0.39, 0.29) is 24.6 Å². The van der Waals surface area contributed by atoms with Gasteiger partial charge in [0.1, 0.15) is 0 Å². The zero-order chi connectivity index (χ0) is 11.7. The molecule has 2 aliphatic rings. The summed E-state index contributed by atoms with van der Waals surface area (Å²) in [6.07, 6.45) is 1.02. The Labute approximate surface area is 95.4 Å². The highest BCUT2D eigenvalue weighted by Crippen LogP contribution is 2.25.